The molecule has 3 aromatic rings. The number of thioether (sulfide) groups is 1. The number of amides is 1. The molecule has 2 heterocycles. The molecule has 0 N–H and O–H groups in total. The van der Waals surface area contributed by atoms with Crippen LogP contribution < -0.4 is 4.90 Å². The van der Waals surface area contributed by atoms with E-state index in [0.717, 1.165) is 11.8 Å². The van der Waals surface area contributed by atoms with E-state index in [2.05, 4.69) is 0 Å². The molecule has 1 aliphatic rings. The van der Waals surface area contributed by atoms with E-state index in [0.29, 0.717) is 32.7 Å². The molecule has 0 spiro atoms. The van der Waals surface area contributed by atoms with E-state index in [1.165, 1.54) is 17.0 Å². The molecule has 0 radical (unpaired) electrons. The fourth-order valence-corrected chi connectivity index (χ4v) is 4.01. The van der Waals surface area contributed by atoms with Crippen molar-refractivity contribution in [3.63, 3.8) is 0 Å². The van der Waals surface area contributed by atoms with E-state index in [4.69, 9.17) is 16.6 Å². The molecule has 2 aromatic carbocycles. The Morgan fingerprint density at radius 3 is 2.61 bits per heavy atom. The van der Waals surface area contributed by atoms with Gasteiger partial charge in [0.15, 0.2) is 0 Å². The minimum absolute atomic E-state index is 0.00886. The van der Waals surface area contributed by atoms with Gasteiger partial charge < -0.3 is 4.42 Å². The van der Waals surface area contributed by atoms with Gasteiger partial charge >= 0.3 is 0 Å². The molecule has 1 aromatic heterocycles. The van der Waals surface area contributed by atoms with Gasteiger partial charge in [0.2, 0.25) is 0 Å². The summed E-state index contributed by atoms with van der Waals surface area (Å²) >= 11 is 6.51. The summed E-state index contributed by atoms with van der Waals surface area (Å²) in [5, 5.41) is 10.8. The number of nitro benzene ring substituents is 1. The van der Waals surface area contributed by atoms with Crippen LogP contribution in [0.25, 0.3) is 17.4 Å². The van der Waals surface area contributed by atoms with Crippen LogP contribution in [0.5, 0.6) is 0 Å². The maximum absolute atomic E-state index is 12.4. The van der Waals surface area contributed by atoms with Gasteiger partial charge in [0.25, 0.3) is 10.9 Å². The lowest BCUT2D eigenvalue weighted by Gasteiger charge is -2.14. The smallest absolute Gasteiger partial charge is 0.296 e. The van der Waals surface area contributed by atoms with Crippen LogP contribution in [-0.4, -0.2) is 15.2 Å². The minimum Gasteiger partial charge on any atom is -0.457 e. The van der Waals surface area contributed by atoms with Crippen LogP contribution >= 0.6 is 24.0 Å². The molecule has 28 heavy (non-hydrogen) atoms. The summed E-state index contributed by atoms with van der Waals surface area (Å²) in [6.45, 7) is 0. The second-order valence-corrected chi connectivity index (χ2v) is 7.24. The van der Waals surface area contributed by atoms with Crippen LogP contribution in [-0.2, 0) is 0 Å². The Hall–Kier alpha value is -3.23. The molecule has 1 saturated heterocycles. The van der Waals surface area contributed by atoms with Crippen LogP contribution in [0, 0.1) is 10.1 Å². The lowest BCUT2D eigenvalue weighted by molar-refractivity contribution is -0.384. The highest BCUT2D eigenvalue weighted by Crippen LogP contribution is 2.37. The van der Waals surface area contributed by atoms with E-state index in [1.807, 2.05) is 30.3 Å². The van der Waals surface area contributed by atoms with Gasteiger partial charge in [0, 0.05) is 17.7 Å². The van der Waals surface area contributed by atoms with Crippen molar-refractivity contribution in [3.05, 3.63) is 87.5 Å². The first kappa shape index (κ1) is 18.1. The SMILES string of the molecule is O=C1SC(=Cc2ccc(-c3cccc([N+](=O)[O-])c3)o2)C(=S)N1c1ccccc1. The van der Waals surface area contributed by atoms with Gasteiger partial charge in [-0.1, -0.05) is 42.5 Å². The number of benzene rings is 2. The predicted octanol–water partition coefficient (Wildman–Crippen LogP) is 5.90. The van der Waals surface area contributed by atoms with Gasteiger partial charge in [0.05, 0.1) is 15.5 Å². The number of nitro groups is 1. The summed E-state index contributed by atoms with van der Waals surface area (Å²) in [6.07, 6.45) is 1.70. The van der Waals surface area contributed by atoms with Crippen LogP contribution in [0.1, 0.15) is 5.76 Å². The number of para-hydroxylation sites is 1. The van der Waals surface area contributed by atoms with Crippen LogP contribution in [0.15, 0.2) is 76.1 Å². The molecule has 4 rings (SSSR count). The third-order valence-corrected chi connectivity index (χ3v) is 5.47. The Labute approximate surface area is 169 Å². The van der Waals surface area contributed by atoms with Crippen LogP contribution in [0.2, 0.25) is 0 Å². The topological polar surface area (TPSA) is 76.6 Å². The molecule has 0 atom stereocenters. The Kier molecular flexibility index (Phi) is 4.81. The summed E-state index contributed by atoms with van der Waals surface area (Å²) in [5.74, 6) is 1.00. The predicted molar refractivity (Wildman–Crippen MR) is 113 cm³/mol. The Morgan fingerprint density at radius 2 is 1.86 bits per heavy atom. The molecular weight excluding hydrogens is 396 g/mol. The second-order valence-electron chi connectivity index (χ2n) is 5.86. The molecule has 0 saturated carbocycles. The average Bonchev–Trinajstić information content (AvgIpc) is 3.27. The van der Waals surface area contributed by atoms with E-state index in [1.54, 1.807) is 30.3 Å². The van der Waals surface area contributed by atoms with Crippen molar-refractivity contribution in [3.8, 4) is 11.3 Å². The lowest BCUT2D eigenvalue weighted by Crippen LogP contribution is -2.26. The van der Waals surface area contributed by atoms with Crippen molar-refractivity contribution in [1.29, 1.82) is 0 Å². The van der Waals surface area contributed by atoms with Gasteiger partial charge in [-0.25, -0.2) is 0 Å². The van der Waals surface area contributed by atoms with Gasteiger partial charge in [-0.3, -0.25) is 19.8 Å². The molecule has 0 unspecified atom stereocenters. The maximum atomic E-state index is 12.4. The number of carbonyl (C=O) groups is 1. The van der Waals surface area contributed by atoms with E-state index >= 15 is 0 Å². The Balaban J connectivity index is 1.61. The minimum atomic E-state index is -0.452. The van der Waals surface area contributed by atoms with Crippen molar-refractivity contribution in [1.82, 2.24) is 0 Å². The normalized spacial score (nSPS) is 15.4. The van der Waals surface area contributed by atoms with Crippen molar-refractivity contribution < 1.29 is 14.1 Å². The van der Waals surface area contributed by atoms with E-state index in [-0.39, 0.29) is 10.9 Å². The number of hydrogen-bond donors (Lipinski definition) is 0. The molecular formula is C20H12N2O4S2. The Bertz CT molecular complexity index is 1120. The zero-order chi connectivity index (χ0) is 19.7. The maximum Gasteiger partial charge on any atom is 0.296 e. The first-order valence-electron chi connectivity index (χ1n) is 8.20. The number of hydrogen-bond acceptors (Lipinski definition) is 6. The van der Waals surface area contributed by atoms with Gasteiger partial charge in [-0.2, -0.15) is 0 Å². The molecule has 1 aliphatic heterocycles. The number of nitrogens with zero attached hydrogens (tertiary/aromatic N) is 2. The molecule has 1 fully saturated rings. The summed E-state index contributed by atoms with van der Waals surface area (Å²) in [4.78, 5) is 25.4. The third-order valence-electron chi connectivity index (χ3n) is 4.05. The monoisotopic (exact) mass is 408 g/mol. The molecule has 0 bridgehead atoms. The van der Waals surface area contributed by atoms with Crippen LogP contribution in [0.4, 0.5) is 16.2 Å². The second kappa shape index (κ2) is 7.41. The van der Waals surface area contributed by atoms with Crippen LogP contribution in [0.3, 0.4) is 0 Å². The number of non-ortho nitro benzene ring substituents is 1. The molecule has 138 valence electrons. The molecule has 6 nitrogen and oxygen atoms in total. The summed E-state index contributed by atoms with van der Waals surface area (Å²) < 4.78 is 5.79. The van der Waals surface area contributed by atoms with Crippen molar-refractivity contribution >= 4 is 51.7 Å². The first-order valence-corrected chi connectivity index (χ1v) is 9.43. The van der Waals surface area contributed by atoms with Gasteiger partial charge in [0.1, 0.15) is 16.5 Å². The average molecular weight is 408 g/mol. The zero-order valence-electron chi connectivity index (χ0n) is 14.3. The Morgan fingerprint density at radius 1 is 1.07 bits per heavy atom. The largest absolute Gasteiger partial charge is 0.457 e. The quantitative estimate of drug-likeness (QED) is 0.232. The highest BCUT2D eigenvalue weighted by molar-refractivity contribution is 8.20. The van der Waals surface area contributed by atoms with Gasteiger partial charge in [-0.15, -0.1) is 0 Å². The standard InChI is InChI=1S/C20H12N2O4S2/c23-20-21(14-6-2-1-3-7-14)19(27)18(28-20)12-16-9-10-17(26-16)13-5-4-8-15(11-13)22(24)25/h1-12H. The summed E-state index contributed by atoms with van der Waals surface area (Å²) in [6, 6.07) is 18.9. The molecule has 0 aliphatic carbocycles. The number of carbonyl (C=O) groups excluding carboxylic acids is 1. The number of rotatable bonds is 4. The van der Waals surface area contributed by atoms with Gasteiger partial charge in [-0.05, 0) is 42.1 Å². The highest BCUT2D eigenvalue weighted by atomic mass is 32.2. The number of anilines is 1. The summed E-state index contributed by atoms with van der Waals surface area (Å²) in [5.41, 5.74) is 1.30. The molecule has 1 amide bonds. The van der Waals surface area contributed by atoms with Crippen molar-refractivity contribution in [2.45, 2.75) is 0 Å². The zero-order valence-corrected chi connectivity index (χ0v) is 15.9. The third kappa shape index (κ3) is 3.47. The highest BCUT2D eigenvalue weighted by Gasteiger charge is 2.33. The van der Waals surface area contributed by atoms with E-state index < -0.39 is 4.92 Å². The first-order chi connectivity index (χ1) is 13.5. The lowest BCUT2D eigenvalue weighted by atomic mass is 10.1. The fourth-order valence-electron chi connectivity index (χ4n) is 2.75. The fraction of sp³-hybridized carbons (Fsp3) is 0. The van der Waals surface area contributed by atoms with Crippen molar-refractivity contribution in [2.75, 3.05) is 4.90 Å². The van der Waals surface area contributed by atoms with Crippen molar-refractivity contribution in [2.24, 2.45) is 0 Å². The summed E-state index contributed by atoms with van der Waals surface area (Å²) in [7, 11) is 0. The molecule has 8 heteroatoms. The van der Waals surface area contributed by atoms with E-state index in [9.17, 15) is 14.9 Å². The number of thiocarbonyl (C=S) groups is 1. The number of furan rings is 1.